The molecule has 0 saturated carbocycles. The molecule has 0 aliphatic rings. The highest BCUT2D eigenvalue weighted by atomic mass is 16.5. The van der Waals surface area contributed by atoms with Gasteiger partial charge in [0.05, 0.1) is 0 Å². The number of hydrogen-bond acceptors (Lipinski definition) is 3. The van der Waals surface area contributed by atoms with Gasteiger partial charge in [-0.1, -0.05) is 37.1 Å². The van der Waals surface area contributed by atoms with E-state index in [2.05, 4.69) is 12.2 Å². The van der Waals surface area contributed by atoms with Crippen LogP contribution in [-0.2, 0) is 17.6 Å². The minimum atomic E-state index is 0.310. The SMILES string of the molecule is C#COc1ccc(CCCC(=O)CCCc2ccc(OC#C)cc2)cc1. The number of Topliss-reactive ketones (excluding diaryl/α,β-unsaturated/α-hetero) is 1. The number of carbonyl (C=O) groups excluding carboxylic acids is 1. The number of ether oxygens (including phenoxy) is 2. The van der Waals surface area contributed by atoms with Gasteiger partial charge in [0.25, 0.3) is 0 Å². The van der Waals surface area contributed by atoms with Gasteiger partial charge in [-0.25, -0.2) is 0 Å². The van der Waals surface area contributed by atoms with Gasteiger partial charge in [0.2, 0.25) is 0 Å². The Morgan fingerprint density at radius 2 is 1.12 bits per heavy atom. The van der Waals surface area contributed by atoms with Crippen molar-refractivity contribution >= 4 is 5.78 Å². The summed E-state index contributed by atoms with van der Waals surface area (Å²) in [5.74, 6) is 1.63. The van der Waals surface area contributed by atoms with Gasteiger partial charge in [-0.2, -0.15) is 0 Å². The number of benzene rings is 2. The van der Waals surface area contributed by atoms with Crippen molar-refractivity contribution in [3.63, 3.8) is 0 Å². The van der Waals surface area contributed by atoms with Crippen molar-refractivity contribution < 1.29 is 14.3 Å². The van der Waals surface area contributed by atoms with Gasteiger partial charge in [0, 0.05) is 12.8 Å². The third-order valence-corrected chi connectivity index (χ3v) is 4.04. The molecule has 0 amide bonds. The van der Waals surface area contributed by atoms with Crippen molar-refractivity contribution in [1.29, 1.82) is 0 Å². The lowest BCUT2D eigenvalue weighted by molar-refractivity contribution is -0.119. The number of aryl methyl sites for hydroxylation is 2. The third-order valence-electron chi connectivity index (χ3n) is 4.04. The standard InChI is InChI=1S/C23H22O3/c1-3-25-22-15-11-19(12-16-22)7-5-9-21(24)10-6-8-20-13-17-23(18-14-20)26-4-2/h1-2,11-18H,5-10H2. The van der Waals surface area contributed by atoms with Crippen molar-refractivity contribution in [2.75, 3.05) is 0 Å². The molecule has 2 aromatic carbocycles. The summed E-state index contributed by atoms with van der Waals surface area (Å²) < 4.78 is 9.92. The Labute approximate surface area is 155 Å². The van der Waals surface area contributed by atoms with Crippen molar-refractivity contribution in [2.45, 2.75) is 38.5 Å². The molecule has 0 N–H and O–H groups in total. The van der Waals surface area contributed by atoms with Gasteiger partial charge in [0.1, 0.15) is 29.5 Å². The highest BCUT2D eigenvalue weighted by molar-refractivity contribution is 5.78. The van der Waals surface area contributed by atoms with E-state index in [0.717, 1.165) is 25.7 Å². The molecule has 0 aliphatic heterocycles. The second kappa shape index (κ2) is 10.6. The fourth-order valence-electron chi connectivity index (χ4n) is 2.69. The highest BCUT2D eigenvalue weighted by Crippen LogP contribution is 2.15. The van der Waals surface area contributed by atoms with Crippen molar-refractivity contribution in [3.8, 4) is 36.6 Å². The lowest BCUT2D eigenvalue weighted by atomic mass is 10.0. The second-order valence-corrected chi connectivity index (χ2v) is 5.97. The third kappa shape index (κ3) is 6.75. The Hall–Kier alpha value is -3.17. The van der Waals surface area contributed by atoms with Gasteiger partial charge in [-0.15, -0.1) is 0 Å². The highest BCUT2D eigenvalue weighted by Gasteiger charge is 2.04. The topological polar surface area (TPSA) is 35.5 Å². The van der Waals surface area contributed by atoms with Crippen LogP contribution in [0.3, 0.4) is 0 Å². The molecule has 26 heavy (non-hydrogen) atoms. The summed E-state index contributed by atoms with van der Waals surface area (Å²) in [6, 6.07) is 15.3. The molecule has 2 rings (SSSR count). The van der Waals surface area contributed by atoms with Crippen LogP contribution in [-0.4, -0.2) is 5.78 Å². The van der Waals surface area contributed by atoms with E-state index in [1.807, 2.05) is 48.5 Å². The molecule has 0 radical (unpaired) electrons. The molecule has 0 aromatic heterocycles. The van der Waals surface area contributed by atoms with Crippen LogP contribution >= 0.6 is 0 Å². The Kier molecular flexibility index (Phi) is 7.84. The summed E-state index contributed by atoms with van der Waals surface area (Å²) >= 11 is 0. The molecule has 0 fully saturated rings. The molecule has 0 atom stereocenters. The molecule has 0 aliphatic carbocycles. The van der Waals surface area contributed by atoms with Gasteiger partial charge >= 0.3 is 0 Å². The molecule has 132 valence electrons. The lowest BCUT2D eigenvalue weighted by Gasteiger charge is -2.04. The van der Waals surface area contributed by atoms with Gasteiger partial charge < -0.3 is 9.47 Å². The largest absolute Gasteiger partial charge is 0.408 e. The van der Waals surface area contributed by atoms with Crippen LogP contribution < -0.4 is 9.47 Å². The van der Waals surface area contributed by atoms with Crippen LogP contribution in [0, 0.1) is 25.1 Å². The van der Waals surface area contributed by atoms with Crippen LogP contribution in [0.25, 0.3) is 0 Å². The normalized spacial score (nSPS) is 9.77. The summed E-state index contributed by atoms with van der Waals surface area (Å²) in [4.78, 5) is 12.0. The minimum absolute atomic E-state index is 0.310. The van der Waals surface area contributed by atoms with E-state index >= 15 is 0 Å². The Morgan fingerprint density at radius 3 is 1.46 bits per heavy atom. The van der Waals surface area contributed by atoms with Crippen molar-refractivity contribution in [2.24, 2.45) is 0 Å². The minimum Gasteiger partial charge on any atom is -0.408 e. The Bertz CT molecular complexity index is 707. The van der Waals surface area contributed by atoms with Crippen LogP contribution in [0.15, 0.2) is 48.5 Å². The van der Waals surface area contributed by atoms with Crippen molar-refractivity contribution in [3.05, 3.63) is 59.7 Å². The van der Waals surface area contributed by atoms with Crippen LogP contribution in [0.2, 0.25) is 0 Å². The predicted octanol–water partition coefficient (Wildman–Crippen LogP) is 4.54. The maximum absolute atomic E-state index is 12.0. The van der Waals surface area contributed by atoms with Crippen molar-refractivity contribution in [1.82, 2.24) is 0 Å². The van der Waals surface area contributed by atoms with E-state index in [4.69, 9.17) is 22.3 Å². The summed E-state index contributed by atoms with van der Waals surface area (Å²) in [6.45, 7) is 0. The first kappa shape index (κ1) is 19.2. The Morgan fingerprint density at radius 1 is 0.731 bits per heavy atom. The maximum Gasteiger partial charge on any atom is 0.140 e. The molecule has 0 bridgehead atoms. The molecule has 0 heterocycles. The number of rotatable bonds is 10. The monoisotopic (exact) mass is 346 g/mol. The van der Waals surface area contributed by atoms with E-state index in [9.17, 15) is 4.79 Å². The summed E-state index contributed by atoms with van der Waals surface area (Å²) in [5.41, 5.74) is 2.35. The summed E-state index contributed by atoms with van der Waals surface area (Å²) in [6.07, 6.45) is 19.1. The maximum atomic E-state index is 12.0. The number of ketones is 1. The van der Waals surface area contributed by atoms with Crippen LogP contribution in [0.1, 0.15) is 36.8 Å². The molecule has 3 heteroatoms. The molecule has 0 saturated heterocycles. The molecular weight excluding hydrogens is 324 g/mol. The van der Waals surface area contributed by atoms with Gasteiger partial charge in [-0.3, -0.25) is 4.79 Å². The fourth-order valence-corrected chi connectivity index (χ4v) is 2.69. The number of hydrogen-bond donors (Lipinski definition) is 0. The summed E-state index contributed by atoms with van der Waals surface area (Å²) in [7, 11) is 0. The molecule has 3 nitrogen and oxygen atoms in total. The first-order valence-corrected chi connectivity index (χ1v) is 8.65. The van der Waals surface area contributed by atoms with E-state index in [0.29, 0.717) is 30.1 Å². The quantitative estimate of drug-likeness (QED) is 0.593. The lowest BCUT2D eigenvalue weighted by Crippen LogP contribution is -2.00. The van der Waals surface area contributed by atoms with Gasteiger partial charge in [-0.05, 0) is 61.1 Å². The summed E-state index contributed by atoms with van der Waals surface area (Å²) in [5, 5.41) is 0. The average molecular weight is 346 g/mol. The smallest absolute Gasteiger partial charge is 0.140 e. The van der Waals surface area contributed by atoms with E-state index in [1.54, 1.807) is 0 Å². The van der Waals surface area contributed by atoms with E-state index in [-0.39, 0.29) is 0 Å². The zero-order valence-corrected chi connectivity index (χ0v) is 14.7. The van der Waals surface area contributed by atoms with Gasteiger partial charge in [0.15, 0.2) is 0 Å². The average Bonchev–Trinajstić information content (AvgIpc) is 2.65. The van der Waals surface area contributed by atoms with Crippen LogP contribution in [0.5, 0.6) is 11.5 Å². The Balaban J connectivity index is 1.63. The molecule has 0 spiro atoms. The zero-order chi connectivity index (χ0) is 18.6. The second-order valence-electron chi connectivity index (χ2n) is 5.97. The first-order valence-electron chi connectivity index (χ1n) is 8.65. The molecule has 2 aromatic rings. The predicted molar refractivity (Wildman–Crippen MR) is 103 cm³/mol. The number of carbonyl (C=O) groups is 1. The fraction of sp³-hybridized carbons (Fsp3) is 0.261. The first-order chi connectivity index (χ1) is 12.7. The van der Waals surface area contributed by atoms with Crippen LogP contribution in [0.4, 0.5) is 0 Å². The van der Waals surface area contributed by atoms with E-state index < -0.39 is 0 Å². The molecule has 0 unspecified atom stereocenters. The zero-order valence-electron chi connectivity index (χ0n) is 14.7. The number of terminal acetylenes is 2. The molecular formula is C23H22O3. The van der Waals surface area contributed by atoms with E-state index in [1.165, 1.54) is 11.1 Å².